The van der Waals surface area contributed by atoms with Gasteiger partial charge >= 0.3 is 0 Å². The summed E-state index contributed by atoms with van der Waals surface area (Å²) in [5.41, 5.74) is 0.659. The summed E-state index contributed by atoms with van der Waals surface area (Å²) < 4.78 is 17.9. The van der Waals surface area contributed by atoms with Gasteiger partial charge in [0.15, 0.2) is 11.5 Å². The maximum Gasteiger partial charge on any atom is 0.231 e. The van der Waals surface area contributed by atoms with Crippen molar-refractivity contribution >= 4 is 0 Å². The van der Waals surface area contributed by atoms with Crippen molar-refractivity contribution in [3.8, 4) is 17.2 Å². The third-order valence-electron chi connectivity index (χ3n) is 3.33. The number of hydrogen-bond acceptors (Lipinski definition) is 5. The average Bonchev–Trinajstić information content (AvgIpc) is 3.13. The number of hydrogen-bond donors (Lipinski definition) is 1. The third-order valence-corrected chi connectivity index (χ3v) is 3.33. The van der Waals surface area contributed by atoms with Gasteiger partial charge in [0.2, 0.25) is 12.5 Å². The predicted octanol–water partition coefficient (Wildman–Crippen LogP) is 1.72. The maximum absolute atomic E-state index is 10.5. The highest BCUT2D eigenvalue weighted by Crippen LogP contribution is 2.43. The first-order valence-electron chi connectivity index (χ1n) is 6.41. The van der Waals surface area contributed by atoms with Gasteiger partial charge in [-0.05, 0) is 24.6 Å². The van der Waals surface area contributed by atoms with Crippen LogP contribution in [-0.2, 0) is 6.54 Å². The molecule has 0 bridgehead atoms. The molecule has 0 spiro atoms. The van der Waals surface area contributed by atoms with E-state index in [9.17, 15) is 5.11 Å². The minimum absolute atomic E-state index is 0.162. The van der Waals surface area contributed by atoms with E-state index in [1.54, 1.807) is 25.4 Å². The largest absolute Gasteiger partial charge is 0.493 e. The molecular formula is C14H16N2O4. The van der Waals surface area contributed by atoms with E-state index < -0.39 is 6.10 Å². The van der Waals surface area contributed by atoms with Crippen LogP contribution in [0.1, 0.15) is 24.4 Å². The molecule has 2 heterocycles. The summed E-state index contributed by atoms with van der Waals surface area (Å²) in [6.07, 6.45) is 2.67. The second-order valence-corrected chi connectivity index (χ2v) is 4.43. The summed E-state index contributed by atoms with van der Waals surface area (Å²) in [6, 6.07) is 3.50. The first-order valence-corrected chi connectivity index (χ1v) is 6.41. The average molecular weight is 276 g/mol. The SMILES string of the molecule is CCn1ccnc1C(O)c1cc(OC)c2c(c1)OCO2. The van der Waals surface area contributed by atoms with Gasteiger partial charge in [0.25, 0.3) is 0 Å². The van der Waals surface area contributed by atoms with Crippen LogP contribution in [0, 0.1) is 0 Å². The van der Waals surface area contributed by atoms with E-state index in [0.717, 1.165) is 6.54 Å². The molecule has 0 fully saturated rings. The molecular weight excluding hydrogens is 260 g/mol. The van der Waals surface area contributed by atoms with E-state index in [1.807, 2.05) is 17.7 Å². The number of fused-ring (bicyclic) bond motifs is 1. The second kappa shape index (κ2) is 5.05. The molecule has 1 aliphatic rings. The van der Waals surface area contributed by atoms with Crippen molar-refractivity contribution < 1.29 is 19.3 Å². The standard InChI is InChI=1S/C14H16N2O4/c1-3-16-5-4-15-14(16)12(17)9-6-10(18-2)13-11(7-9)19-8-20-13/h4-7,12,17H,3,8H2,1-2H3. The van der Waals surface area contributed by atoms with Gasteiger partial charge < -0.3 is 23.9 Å². The molecule has 0 aliphatic carbocycles. The van der Waals surface area contributed by atoms with Crippen LogP contribution >= 0.6 is 0 Å². The van der Waals surface area contributed by atoms with Crippen molar-refractivity contribution in [1.82, 2.24) is 9.55 Å². The Kier molecular flexibility index (Phi) is 3.23. The first-order chi connectivity index (χ1) is 9.74. The summed E-state index contributed by atoms with van der Waals surface area (Å²) in [4.78, 5) is 4.21. The smallest absolute Gasteiger partial charge is 0.231 e. The fraction of sp³-hybridized carbons (Fsp3) is 0.357. The lowest BCUT2D eigenvalue weighted by atomic mass is 10.1. The first kappa shape index (κ1) is 12.8. The monoisotopic (exact) mass is 276 g/mol. The van der Waals surface area contributed by atoms with E-state index >= 15 is 0 Å². The molecule has 1 N–H and O–H groups in total. The van der Waals surface area contributed by atoms with Crippen molar-refractivity contribution in [2.24, 2.45) is 0 Å². The Morgan fingerprint density at radius 2 is 2.30 bits per heavy atom. The molecule has 6 nitrogen and oxygen atoms in total. The number of aromatic nitrogens is 2. The molecule has 0 saturated heterocycles. The van der Waals surface area contributed by atoms with Gasteiger partial charge in [-0.15, -0.1) is 0 Å². The minimum atomic E-state index is -0.839. The minimum Gasteiger partial charge on any atom is -0.493 e. The molecule has 0 radical (unpaired) electrons. The highest BCUT2D eigenvalue weighted by atomic mass is 16.7. The molecule has 0 saturated carbocycles. The highest BCUT2D eigenvalue weighted by Gasteiger charge is 2.24. The second-order valence-electron chi connectivity index (χ2n) is 4.43. The number of nitrogens with zero attached hydrogens (tertiary/aromatic N) is 2. The van der Waals surface area contributed by atoms with Crippen molar-refractivity contribution in [3.05, 3.63) is 35.9 Å². The molecule has 1 unspecified atom stereocenters. The highest BCUT2D eigenvalue weighted by molar-refractivity contribution is 5.55. The maximum atomic E-state index is 10.5. The van der Waals surface area contributed by atoms with Crippen molar-refractivity contribution in [2.45, 2.75) is 19.6 Å². The number of methoxy groups -OCH3 is 1. The molecule has 2 aromatic rings. The van der Waals surface area contributed by atoms with Gasteiger partial charge in [-0.1, -0.05) is 0 Å². The number of aliphatic hydroxyl groups is 1. The van der Waals surface area contributed by atoms with Crippen LogP contribution in [0.2, 0.25) is 0 Å². The van der Waals surface area contributed by atoms with E-state index in [1.165, 1.54) is 0 Å². The zero-order valence-electron chi connectivity index (χ0n) is 11.4. The third kappa shape index (κ3) is 1.98. The van der Waals surface area contributed by atoms with Crippen LogP contribution in [0.15, 0.2) is 24.5 Å². The zero-order chi connectivity index (χ0) is 14.1. The summed E-state index contributed by atoms with van der Waals surface area (Å²) in [6.45, 7) is 2.90. The van der Waals surface area contributed by atoms with Crippen LogP contribution in [0.5, 0.6) is 17.2 Å². The molecule has 0 amide bonds. The van der Waals surface area contributed by atoms with Gasteiger partial charge in [0.05, 0.1) is 7.11 Å². The van der Waals surface area contributed by atoms with Gasteiger partial charge in [-0.2, -0.15) is 0 Å². The summed E-state index contributed by atoms with van der Waals surface area (Å²) >= 11 is 0. The Morgan fingerprint density at radius 3 is 3.05 bits per heavy atom. The van der Waals surface area contributed by atoms with Crippen LogP contribution in [0.3, 0.4) is 0 Å². The van der Waals surface area contributed by atoms with Crippen LogP contribution in [0.25, 0.3) is 0 Å². The van der Waals surface area contributed by atoms with Crippen LogP contribution in [0.4, 0.5) is 0 Å². The lowest BCUT2D eigenvalue weighted by Gasteiger charge is -2.14. The molecule has 1 aromatic heterocycles. The van der Waals surface area contributed by atoms with E-state index in [2.05, 4.69) is 4.98 Å². The number of aliphatic hydroxyl groups excluding tert-OH is 1. The number of aryl methyl sites for hydroxylation is 1. The van der Waals surface area contributed by atoms with Crippen LogP contribution < -0.4 is 14.2 Å². The van der Waals surface area contributed by atoms with Crippen molar-refractivity contribution in [3.63, 3.8) is 0 Å². The molecule has 6 heteroatoms. The molecule has 1 aromatic carbocycles. The summed E-state index contributed by atoms with van der Waals surface area (Å²) in [5.74, 6) is 2.28. The summed E-state index contributed by atoms with van der Waals surface area (Å²) in [7, 11) is 1.56. The van der Waals surface area contributed by atoms with E-state index in [-0.39, 0.29) is 6.79 Å². The lowest BCUT2D eigenvalue weighted by molar-refractivity contribution is 0.171. The van der Waals surface area contributed by atoms with Crippen molar-refractivity contribution in [1.29, 1.82) is 0 Å². The Bertz CT molecular complexity index is 624. The summed E-state index contributed by atoms with van der Waals surface area (Å²) in [5, 5.41) is 10.5. The molecule has 1 aliphatic heterocycles. The Morgan fingerprint density at radius 1 is 1.45 bits per heavy atom. The molecule has 3 rings (SSSR count). The Hall–Kier alpha value is -2.21. The molecule has 106 valence electrons. The quantitative estimate of drug-likeness (QED) is 0.921. The van der Waals surface area contributed by atoms with Gasteiger partial charge in [0.1, 0.15) is 11.9 Å². The predicted molar refractivity (Wildman–Crippen MR) is 71.1 cm³/mol. The lowest BCUT2D eigenvalue weighted by Crippen LogP contribution is -2.09. The fourth-order valence-corrected chi connectivity index (χ4v) is 2.29. The molecule has 20 heavy (non-hydrogen) atoms. The number of rotatable bonds is 4. The Labute approximate surface area is 116 Å². The zero-order valence-corrected chi connectivity index (χ0v) is 11.4. The van der Waals surface area contributed by atoms with Crippen molar-refractivity contribution in [2.75, 3.05) is 13.9 Å². The Balaban J connectivity index is 2.02. The van der Waals surface area contributed by atoms with E-state index in [0.29, 0.717) is 28.6 Å². The molecule has 1 atom stereocenters. The van der Waals surface area contributed by atoms with Gasteiger partial charge in [-0.3, -0.25) is 0 Å². The fourth-order valence-electron chi connectivity index (χ4n) is 2.29. The van der Waals surface area contributed by atoms with E-state index in [4.69, 9.17) is 14.2 Å². The van der Waals surface area contributed by atoms with Gasteiger partial charge in [-0.25, -0.2) is 4.98 Å². The van der Waals surface area contributed by atoms with Crippen LogP contribution in [-0.4, -0.2) is 28.6 Å². The normalized spacial score (nSPS) is 14.3. The number of imidazole rings is 1. The topological polar surface area (TPSA) is 65.7 Å². The number of benzene rings is 1. The van der Waals surface area contributed by atoms with Gasteiger partial charge in [0, 0.05) is 18.9 Å². The number of ether oxygens (including phenoxy) is 3.